The Balaban J connectivity index is 2.11. The minimum absolute atomic E-state index is 0.177. The van der Waals surface area contributed by atoms with E-state index in [-0.39, 0.29) is 18.5 Å². The maximum Gasteiger partial charge on any atom is 0.138 e. The lowest BCUT2D eigenvalue weighted by atomic mass is 9.89. The monoisotopic (exact) mass is 261 g/mol. The minimum atomic E-state index is -0.294. The fraction of sp³-hybridized carbons (Fsp3) is 0.500. The molecule has 2 nitrogen and oxygen atoms in total. The van der Waals surface area contributed by atoms with Gasteiger partial charge in [0.15, 0.2) is 0 Å². The van der Waals surface area contributed by atoms with E-state index in [1.807, 2.05) is 0 Å². The highest BCUT2D eigenvalue weighted by Crippen LogP contribution is 2.29. The second kappa shape index (κ2) is 6.58. The molecule has 0 aromatic heterocycles. The summed E-state index contributed by atoms with van der Waals surface area (Å²) in [6, 6.07) is 4.47. The Morgan fingerprint density at radius 2 is 2.05 bits per heavy atom. The van der Waals surface area contributed by atoms with Crippen molar-refractivity contribution in [2.45, 2.75) is 38.7 Å². The van der Waals surface area contributed by atoms with Crippen LogP contribution in [0, 0.1) is 23.6 Å². The Bertz CT molecular complexity index is 481. The molecule has 3 heteroatoms. The van der Waals surface area contributed by atoms with Gasteiger partial charge in [-0.05, 0) is 43.7 Å². The molecule has 1 aromatic rings. The van der Waals surface area contributed by atoms with Crippen molar-refractivity contribution in [1.29, 1.82) is 0 Å². The zero-order valence-electron chi connectivity index (χ0n) is 11.3. The number of hydrogen-bond donors (Lipinski definition) is 1. The fourth-order valence-corrected chi connectivity index (χ4v) is 2.37. The zero-order valence-corrected chi connectivity index (χ0v) is 11.3. The van der Waals surface area contributed by atoms with Gasteiger partial charge in [-0.15, -0.1) is 0 Å². The Kier molecular flexibility index (Phi) is 4.81. The first kappa shape index (κ1) is 13.9. The van der Waals surface area contributed by atoms with Crippen molar-refractivity contribution >= 4 is 0 Å². The van der Waals surface area contributed by atoms with Crippen molar-refractivity contribution in [2.24, 2.45) is 11.7 Å². The maximum absolute atomic E-state index is 13.3. The highest BCUT2D eigenvalue weighted by atomic mass is 19.1. The summed E-state index contributed by atoms with van der Waals surface area (Å²) in [4.78, 5) is 0. The predicted octanol–water partition coefficient (Wildman–Crippen LogP) is 3.09. The first-order valence-corrected chi connectivity index (χ1v) is 6.84. The molecule has 0 atom stereocenters. The summed E-state index contributed by atoms with van der Waals surface area (Å²) in [5.41, 5.74) is 6.08. The van der Waals surface area contributed by atoms with Crippen LogP contribution in [0.1, 0.15) is 38.2 Å². The van der Waals surface area contributed by atoms with Crippen LogP contribution in [0.15, 0.2) is 18.2 Å². The summed E-state index contributed by atoms with van der Waals surface area (Å²) in [5, 5.41) is 0. The van der Waals surface area contributed by atoms with Gasteiger partial charge in [-0.25, -0.2) is 4.39 Å². The first-order chi connectivity index (χ1) is 9.19. The average Bonchev–Trinajstić information content (AvgIpc) is 2.40. The van der Waals surface area contributed by atoms with E-state index in [0.717, 1.165) is 18.8 Å². The molecule has 0 saturated heterocycles. The van der Waals surface area contributed by atoms with Gasteiger partial charge in [0.2, 0.25) is 0 Å². The number of rotatable bonds is 2. The largest absolute Gasteiger partial charge is 0.489 e. The minimum Gasteiger partial charge on any atom is -0.489 e. The molecular formula is C16H20FNO. The van der Waals surface area contributed by atoms with Gasteiger partial charge in [-0.2, -0.15) is 0 Å². The average molecular weight is 261 g/mol. The molecule has 19 heavy (non-hydrogen) atoms. The Morgan fingerprint density at radius 3 is 2.74 bits per heavy atom. The van der Waals surface area contributed by atoms with Crippen LogP contribution in [-0.4, -0.2) is 12.6 Å². The van der Waals surface area contributed by atoms with Gasteiger partial charge in [0.25, 0.3) is 0 Å². The number of hydrogen-bond acceptors (Lipinski definition) is 2. The van der Waals surface area contributed by atoms with Crippen molar-refractivity contribution in [1.82, 2.24) is 0 Å². The van der Waals surface area contributed by atoms with Gasteiger partial charge >= 0.3 is 0 Å². The van der Waals surface area contributed by atoms with Crippen LogP contribution in [0.4, 0.5) is 4.39 Å². The molecule has 1 fully saturated rings. The van der Waals surface area contributed by atoms with Crippen molar-refractivity contribution in [3.05, 3.63) is 29.6 Å². The second-order valence-corrected chi connectivity index (χ2v) is 5.15. The van der Waals surface area contributed by atoms with E-state index in [0.29, 0.717) is 11.3 Å². The fourth-order valence-electron chi connectivity index (χ4n) is 2.37. The van der Waals surface area contributed by atoms with Gasteiger partial charge in [0, 0.05) is 6.07 Å². The van der Waals surface area contributed by atoms with E-state index < -0.39 is 0 Å². The summed E-state index contributed by atoms with van der Waals surface area (Å²) < 4.78 is 19.3. The lowest BCUT2D eigenvalue weighted by molar-refractivity contribution is 0.135. The SMILES string of the molecule is CC1CCC(Oc2cc(F)ccc2C#CCN)CC1. The molecule has 1 aliphatic carbocycles. The van der Waals surface area contributed by atoms with E-state index in [9.17, 15) is 4.39 Å². The highest BCUT2D eigenvalue weighted by molar-refractivity contribution is 5.46. The van der Waals surface area contributed by atoms with Crippen molar-refractivity contribution in [3.63, 3.8) is 0 Å². The summed E-state index contributed by atoms with van der Waals surface area (Å²) in [5.74, 6) is 6.73. The molecule has 102 valence electrons. The number of benzene rings is 1. The zero-order chi connectivity index (χ0) is 13.7. The first-order valence-electron chi connectivity index (χ1n) is 6.84. The third kappa shape index (κ3) is 3.97. The van der Waals surface area contributed by atoms with Crippen molar-refractivity contribution in [2.75, 3.05) is 6.54 Å². The van der Waals surface area contributed by atoms with Crippen molar-refractivity contribution < 1.29 is 9.13 Å². The highest BCUT2D eigenvalue weighted by Gasteiger charge is 2.20. The molecule has 0 amide bonds. The van der Waals surface area contributed by atoms with E-state index in [1.165, 1.54) is 25.0 Å². The molecular weight excluding hydrogens is 241 g/mol. The van der Waals surface area contributed by atoms with E-state index in [2.05, 4.69) is 18.8 Å². The van der Waals surface area contributed by atoms with Crippen LogP contribution in [-0.2, 0) is 0 Å². The Morgan fingerprint density at radius 1 is 1.32 bits per heavy atom. The molecule has 0 aliphatic heterocycles. The van der Waals surface area contributed by atoms with Crippen LogP contribution >= 0.6 is 0 Å². The van der Waals surface area contributed by atoms with Crippen LogP contribution in [0.25, 0.3) is 0 Å². The summed E-state index contributed by atoms with van der Waals surface area (Å²) in [6.45, 7) is 2.55. The third-order valence-corrected chi connectivity index (χ3v) is 3.53. The molecule has 2 N–H and O–H groups in total. The number of halogens is 1. The second-order valence-electron chi connectivity index (χ2n) is 5.15. The van der Waals surface area contributed by atoms with Gasteiger partial charge < -0.3 is 10.5 Å². The Hall–Kier alpha value is -1.53. The smallest absolute Gasteiger partial charge is 0.138 e. The molecule has 0 heterocycles. The summed E-state index contributed by atoms with van der Waals surface area (Å²) in [6.07, 6.45) is 4.58. The quantitative estimate of drug-likeness (QED) is 0.830. The van der Waals surface area contributed by atoms with Crippen LogP contribution < -0.4 is 10.5 Å². The van der Waals surface area contributed by atoms with E-state index >= 15 is 0 Å². The lowest BCUT2D eigenvalue weighted by Crippen LogP contribution is -2.23. The van der Waals surface area contributed by atoms with Crippen LogP contribution in [0.2, 0.25) is 0 Å². The molecule has 1 saturated carbocycles. The molecule has 2 rings (SSSR count). The Labute approximate surface area is 114 Å². The molecule has 1 aliphatic rings. The van der Waals surface area contributed by atoms with Gasteiger partial charge in [-0.3, -0.25) is 0 Å². The van der Waals surface area contributed by atoms with Crippen LogP contribution in [0.5, 0.6) is 5.75 Å². The molecule has 0 radical (unpaired) electrons. The predicted molar refractivity (Wildman–Crippen MR) is 74.4 cm³/mol. The molecule has 0 unspecified atom stereocenters. The molecule has 0 spiro atoms. The van der Waals surface area contributed by atoms with Gasteiger partial charge in [-0.1, -0.05) is 18.8 Å². The molecule has 0 bridgehead atoms. The number of ether oxygens (including phenoxy) is 1. The van der Waals surface area contributed by atoms with Gasteiger partial charge in [0.05, 0.1) is 18.2 Å². The maximum atomic E-state index is 13.3. The number of nitrogens with two attached hydrogens (primary N) is 1. The van der Waals surface area contributed by atoms with Gasteiger partial charge in [0.1, 0.15) is 11.6 Å². The van der Waals surface area contributed by atoms with Crippen LogP contribution in [0.3, 0.4) is 0 Å². The molecule has 1 aromatic carbocycles. The van der Waals surface area contributed by atoms with E-state index in [4.69, 9.17) is 10.5 Å². The summed E-state index contributed by atoms with van der Waals surface area (Å²) >= 11 is 0. The third-order valence-electron chi connectivity index (χ3n) is 3.53. The topological polar surface area (TPSA) is 35.2 Å². The summed E-state index contributed by atoms with van der Waals surface area (Å²) in [7, 11) is 0. The normalized spacial score (nSPS) is 22.5. The standard InChI is InChI=1S/C16H20FNO/c1-12-4-8-15(9-5-12)19-16-11-14(17)7-6-13(16)3-2-10-18/h6-7,11-12,15H,4-5,8-10,18H2,1H3. The van der Waals surface area contributed by atoms with Crippen molar-refractivity contribution in [3.8, 4) is 17.6 Å². The lowest BCUT2D eigenvalue weighted by Gasteiger charge is -2.27. The van der Waals surface area contributed by atoms with E-state index in [1.54, 1.807) is 6.07 Å².